The zero-order valence-electron chi connectivity index (χ0n) is 20.3. The molecular weight excluding hydrogens is 420 g/mol. The molecule has 32 heavy (non-hydrogen) atoms. The highest BCUT2D eigenvalue weighted by molar-refractivity contribution is 7.99. The van der Waals surface area contributed by atoms with Gasteiger partial charge in [-0.1, -0.05) is 63.6 Å². The second kappa shape index (κ2) is 11.2. The predicted octanol–water partition coefficient (Wildman–Crippen LogP) is 5.91. The van der Waals surface area contributed by atoms with Gasteiger partial charge in [0.25, 0.3) is 0 Å². The maximum Gasteiger partial charge on any atom is 0.230 e. The summed E-state index contributed by atoms with van der Waals surface area (Å²) in [7, 11) is 0. The Morgan fingerprint density at radius 3 is 2.56 bits per heavy atom. The zero-order chi connectivity index (χ0) is 23.3. The summed E-state index contributed by atoms with van der Waals surface area (Å²) in [4.78, 5) is 12.6. The highest BCUT2D eigenvalue weighted by atomic mass is 32.2. The van der Waals surface area contributed by atoms with Crippen LogP contribution in [-0.2, 0) is 4.79 Å². The van der Waals surface area contributed by atoms with Gasteiger partial charge >= 0.3 is 0 Å². The van der Waals surface area contributed by atoms with Gasteiger partial charge in [-0.15, -0.1) is 10.2 Å². The van der Waals surface area contributed by atoms with Crippen LogP contribution in [-0.4, -0.2) is 32.5 Å². The topological polar surface area (TPSA) is 69.0 Å². The first-order chi connectivity index (χ1) is 15.3. The summed E-state index contributed by atoms with van der Waals surface area (Å²) in [5, 5.41) is 12.8. The molecule has 3 rings (SSSR count). The van der Waals surface area contributed by atoms with Gasteiger partial charge in [0.05, 0.1) is 5.75 Å². The maximum atomic E-state index is 12.6. The molecule has 1 fully saturated rings. The number of hydrogen-bond acceptors (Lipinski definition) is 5. The first-order valence-corrected chi connectivity index (χ1v) is 12.9. The highest BCUT2D eigenvalue weighted by Crippen LogP contribution is 2.32. The number of carbonyl (C=O) groups is 1. The molecule has 1 aromatic carbocycles. The Labute approximate surface area is 196 Å². The van der Waals surface area contributed by atoms with Gasteiger partial charge in [0.1, 0.15) is 5.75 Å². The van der Waals surface area contributed by atoms with Crippen LogP contribution in [0.5, 0.6) is 5.75 Å². The van der Waals surface area contributed by atoms with Crippen molar-refractivity contribution in [3.8, 4) is 5.75 Å². The SMILES string of the molecule is CC(C)c1ccccc1OC(C)c1nnc(SCC(=O)NC2CCCCC2C)n1C(C)C. The molecule has 0 radical (unpaired) electrons. The van der Waals surface area contributed by atoms with Gasteiger partial charge in [-0.2, -0.15) is 0 Å². The number of rotatable bonds is 9. The molecule has 0 bridgehead atoms. The van der Waals surface area contributed by atoms with E-state index < -0.39 is 0 Å². The molecule has 1 N–H and O–H groups in total. The number of nitrogens with zero attached hydrogens (tertiary/aromatic N) is 3. The monoisotopic (exact) mass is 458 g/mol. The lowest BCUT2D eigenvalue weighted by molar-refractivity contribution is -0.119. The van der Waals surface area contributed by atoms with E-state index in [2.05, 4.69) is 60.8 Å². The number of carbonyl (C=O) groups excluding carboxylic acids is 1. The van der Waals surface area contributed by atoms with E-state index in [1.807, 2.05) is 25.1 Å². The summed E-state index contributed by atoms with van der Waals surface area (Å²) in [6.45, 7) is 12.8. The third kappa shape index (κ3) is 6.06. The predicted molar refractivity (Wildman–Crippen MR) is 130 cm³/mol. The van der Waals surface area contributed by atoms with Crippen molar-refractivity contribution in [1.82, 2.24) is 20.1 Å². The summed E-state index contributed by atoms with van der Waals surface area (Å²) in [5.74, 6) is 3.00. The molecular formula is C25H38N4O2S. The number of thioether (sulfide) groups is 1. The van der Waals surface area contributed by atoms with Crippen molar-refractivity contribution < 1.29 is 9.53 Å². The van der Waals surface area contributed by atoms with E-state index in [1.54, 1.807) is 0 Å². The number of amides is 1. The van der Waals surface area contributed by atoms with Crippen LogP contribution in [0.4, 0.5) is 0 Å². The minimum atomic E-state index is -0.254. The Hall–Kier alpha value is -2.02. The van der Waals surface area contributed by atoms with Crippen LogP contribution in [0.1, 0.15) is 96.7 Å². The average molecular weight is 459 g/mol. The number of benzene rings is 1. The molecule has 0 spiro atoms. The van der Waals surface area contributed by atoms with E-state index >= 15 is 0 Å². The molecule has 1 aliphatic carbocycles. The lowest BCUT2D eigenvalue weighted by Crippen LogP contribution is -2.41. The zero-order valence-corrected chi connectivity index (χ0v) is 21.1. The Balaban J connectivity index is 1.68. The van der Waals surface area contributed by atoms with E-state index in [4.69, 9.17) is 4.74 Å². The van der Waals surface area contributed by atoms with Crippen molar-refractivity contribution in [1.29, 1.82) is 0 Å². The van der Waals surface area contributed by atoms with Crippen LogP contribution in [0.3, 0.4) is 0 Å². The van der Waals surface area contributed by atoms with Gasteiger partial charge in [-0.25, -0.2) is 0 Å². The van der Waals surface area contributed by atoms with Gasteiger partial charge in [0.15, 0.2) is 17.1 Å². The number of aromatic nitrogens is 3. The molecule has 3 unspecified atom stereocenters. The standard InChI is InChI=1S/C25H38N4O2S/c1-16(2)20-12-8-10-14-22(20)31-19(6)24-27-28-25(29(24)17(3)4)32-15-23(30)26-21-13-9-7-11-18(21)5/h8,10,12,14,16-19,21H,7,9,11,13,15H2,1-6H3,(H,26,30). The van der Waals surface area contributed by atoms with Crippen molar-refractivity contribution in [3.63, 3.8) is 0 Å². The van der Waals surface area contributed by atoms with Crippen LogP contribution in [0.15, 0.2) is 29.4 Å². The van der Waals surface area contributed by atoms with Gasteiger partial charge in [-0.05, 0) is 57.1 Å². The summed E-state index contributed by atoms with van der Waals surface area (Å²) in [6, 6.07) is 8.60. The quantitative estimate of drug-likeness (QED) is 0.473. The molecule has 3 atom stereocenters. The number of nitrogens with one attached hydrogen (secondary N) is 1. The Bertz CT molecular complexity index is 896. The van der Waals surface area contributed by atoms with Gasteiger partial charge in [0, 0.05) is 12.1 Å². The second-order valence-corrected chi connectivity index (χ2v) is 10.4. The van der Waals surface area contributed by atoms with Gasteiger partial charge in [0.2, 0.25) is 5.91 Å². The van der Waals surface area contributed by atoms with Crippen molar-refractivity contribution in [2.75, 3.05) is 5.75 Å². The van der Waals surface area contributed by atoms with E-state index in [0.717, 1.165) is 23.2 Å². The van der Waals surface area contributed by atoms with Crippen molar-refractivity contribution >= 4 is 17.7 Å². The van der Waals surface area contributed by atoms with Crippen molar-refractivity contribution in [2.45, 2.75) is 96.5 Å². The van der Waals surface area contributed by atoms with Gasteiger partial charge < -0.3 is 14.6 Å². The molecule has 1 aliphatic rings. The molecule has 2 aromatic rings. The summed E-state index contributed by atoms with van der Waals surface area (Å²) in [6.07, 6.45) is 4.49. The fraction of sp³-hybridized carbons (Fsp3) is 0.640. The molecule has 176 valence electrons. The smallest absolute Gasteiger partial charge is 0.230 e. The van der Waals surface area contributed by atoms with E-state index in [0.29, 0.717) is 23.6 Å². The molecule has 7 heteroatoms. The summed E-state index contributed by atoms with van der Waals surface area (Å²) < 4.78 is 8.41. The third-order valence-electron chi connectivity index (χ3n) is 6.21. The fourth-order valence-electron chi connectivity index (χ4n) is 4.37. The Morgan fingerprint density at radius 1 is 1.16 bits per heavy atom. The summed E-state index contributed by atoms with van der Waals surface area (Å²) in [5.41, 5.74) is 1.18. The number of para-hydroxylation sites is 1. The lowest BCUT2D eigenvalue weighted by Gasteiger charge is -2.29. The molecule has 1 heterocycles. The molecule has 1 amide bonds. The Kier molecular flexibility index (Phi) is 8.63. The van der Waals surface area contributed by atoms with Crippen LogP contribution >= 0.6 is 11.8 Å². The largest absolute Gasteiger partial charge is 0.482 e. The molecule has 0 aliphatic heterocycles. The molecule has 6 nitrogen and oxygen atoms in total. The summed E-state index contributed by atoms with van der Waals surface area (Å²) >= 11 is 1.45. The van der Waals surface area contributed by atoms with Crippen molar-refractivity contribution in [2.24, 2.45) is 5.92 Å². The average Bonchev–Trinajstić information content (AvgIpc) is 3.19. The minimum absolute atomic E-state index is 0.0729. The first kappa shape index (κ1) is 24.6. The number of ether oxygens (including phenoxy) is 1. The lowest BCUT2D eigenvalue weighted by atomic mass is 9.86. The van der Waals surface area contributed by atoms with Crippen LogP contribution in [0, 0.1) is 5.92 Å². The fourth-order valence-corrected chi connectivity index (χ4v) is 5.25. The van der Waals surface area contributed by atoms with Crippen LogP contribution < -0.4 is 10.1 Å². The van der Waals surface area contributed by atoms with Crippen LogP contribution in [0.25, 0.3) is 0 Å². The van der Waals surface area contributed by atoms with E-state index in [9.17, 15) is 4.79 Å². The number of hydrogen-bond donors (Lipinski definition) is 1. The van der Waals surface area contributed by atoms with Crippen LogP contribution in [0.2, 0.25) is 0 Å². The minimum Gasteiger partial charge on any atom is -0.482 e. The van der Waals surface area contributed by atoms with E-state index in [-0.39, 0.29) is 18.1 Å². The maximum absolute atomic E-state index is 12.6. The third-order valence-corrected chi connectivity index (χ3v) is 7.15. The van der Waals surface area contributed by atoms with E-state index in [1.165, 1.54) is 36.6 Å². The molecule has 1 saturated carbocycles. The molecule has 0 saturated heterocycles. The molecule has 1 aromatic heterocycles. The Morgan fingerprint density at radius 2 is 1.88 bits per heavy atom. The highest BCUT2D eigenvalue weighted by Gasteiger charge is 2.25. The second-order valence-electron chi connectivity index (χ2n) is 9.48. The first-order valence-electron chi connectivity index (χ1n) is 11.9. The normalized spacial score (nSPS) is 19.9. The van der Waals surface area contributed by atoms with Crippen molar-refractivity contribution in [3.05, 3.63) is 35.7 Å². The van der Waals surface area contributed by atoms with Gasteiger partial charge in [-0.3, -0.25) is 4.79 Å².